The Labute approximate surface area is 253 Å². The van der Waals surface area contributed by atoms with Crippen molar-refractivity contribution in [1.29, 1.82) is 0 Å². The van der Waals surface area contributed by atoms with E-state index in [1.807, 2.05) is 91.5 Å². The molecule has 3 aliphatic rings. The number of hydrogen-bond donors (Lipinski definition) is 0. The number of aromatic nitrogens is 1. The maximum atomic E-state index is 2.39. The average molecular weight is 564 g/mol. The Hall–Kier alpha value is -0.880. The van der Waals surface area contributed by atoms with Gasteiger partial charge in [0.25, 0.3) is 0 Å². The molecular formula is C34H85N5. The summed E-state index contributed by atoms with van der Waals surface area (Å²) in [4.78, 5) is 9.48. The number of likely N-dealkylation sites (tertiary alicyclic amines) is 2. The third kappa shape index (κ3) is 47.3. The molecule has 3 fully saturated rings. The van der Waals surface area contributed by atoms with E-state index in [1.54, 1.807) is 0 Å². The third-order valence-corrected chi connectivity index (χ3v) is 5.39. The van der Waals surface area contributed by atoms with Gasteiger partial charge in [-0.15, -0.1) is 0 Å². The highest BCUT2D eigenvalue weighted by Crippen LogP contribution is 2.04. The number of likely N-dealkylation sites (N-methyl/N-ethyl adjacent to an activating group) is 2. The topological polar surface area (TPSA) is 17.9 Å². The van der Waals surface area contributed by atoms with E-state index in [4.69, 9.17) is 0 Å². The molecule has 5 heteroatoms. The predicted molar refractivity (Wildman–Crippen MR) is 191 cm³/mol. The van der Waals surface area contributed by atoms with Crippen LogP contribution in [0.1, 0.15) is 117 Å². The van der Waals surface area contributed by atoms with Crippen LogP contribution in [0.5, 0.6) is 0 Å². The van der Waals surface area contributed by atoms with Gasteiger partial charge < -0.3 is 24.2 Å². The molecule has 1 aromatic heterocycles. The minimum atomic E-state index is 0. The fraction of sp³-hybridized carbons (Fsp3) is 0.882. The maximum Gasteiger partial charge on any atom is 0.0107 e. The summed E-state index contributed by atoms with van der Waals surface area (Å²) in [7, 11) is 10.7. The van der Waals surface area contributed by atoms with Crippen molar-refractivity contribution in [2.75, 3.05) is 80.5 Å². The highest BCUT2D eigenvalue weighted by Gasteiger charge is 2.07. The zero-order valence-electron chi connectivity index (χ0n) is 26.7. The lowest BCUT2D eigenvalue weighted by Gasteiger charge is -2.28. The lowest BCUT2D eigenvalue weighted by molar-refractivity contribution is 0.181. The molecule has 4 rings (SSSR count). The summed E-state index contributed by atoms with van der Waals surface area (Å²) in [5, 5.41) is 0. The number of piperazine rings is 1. The van der Waals surface area contributed by atoms with Gasteiger partial charge in [0.2, 0.25) is 0 Å². The van der Waals surface area contributed by atoms with Crippen LogP contribution < -0.4 is 0 Å². The first-order valence-corrected chi connectivity index (χ1v) is 14.8. The van der Waals surface area contributed by atoms with E-state index in [1.165, 1.54) is 84.5 Å². The molecule has 0 bridgehead atoms. The molecule has 1 aromatic rings. The van der Waals surface area contributed by atoms with E-state index in [9.17, 15) is 0 Å². The van der Waals surface area contributed by atoms with Crippen molar-refractivity contribution in [3.8, 4) is 0 Å². The summed E-state index contributed by atoms with van der Waals surface area (Å²) in [6.45, 7) is 26.2. The van der Waals surface area contributed by atoms with Crippen LogP contribution in [0.2, 0.25) is 0 Å². The molecule has 4 heterocycles. The van der Waals surface area contributed by atoms with Crippen molar-refractivity contribution in [3.05, 3.63) is 24.5 Å². The highest BCUT2D eigenvalue weighted by molar-refractivity contribution is 4.88. The molecular weight excluding hydrogens is 478 g/mol. The Kier molecular flexibility index (Phi) is 74.2. The van der Waals surface area contributed by atoms with Crippen LogP contribution in [0.15, 0.2) is 24.5 Å². The second kappa shape index (κ2) is 50.0. The summed E-state index contributed by atoms with van der Waals surface area (Å²) in [6.07, 6.45) is 11.1. The number of nitrogens with zero attached hydrogens (tertiary/aromatic N) is 5. The van der Waals surface area contributed by atoms with Crippen molar-refractivity contribution >= 4 is 0 Å². The van der Waals surface area contributed by atoms with E-state index in [0.717, 1.165) is 0 Å². The quantitative estimate of drug-likeness (QED) is 0.313. The second-order valence-corrected chi connectivity index (χ2v) is 8.33. The van der Waals surface area contributed by atoms with Gasteiger partial charge in [0.05, 0.1) is 0 Å². The lowest BCUT2D eigenvalue weighted by atomic mass is 10.1. The molecule has 0 aliphatic carbocycles. The molecule has 0 spiro atoms. The van der Waals surface area contributed by atoms with Crippen molar-refractivity contribution in [2.24, 2.45) is 7.05 Å². The van der Waals surface area contributed by atoms with Gasteiger partial charge in [-0.3, -0.25) is 0 Å². The Morgan fingerprint density at radius 1 is 0.333 bits per heavy atom. The molecule has 5 nitrogen and oxygen atoms in total. The zero-order valence-corrected chi connectivity index (χ0v) is 26.7. The monoisotopic (exact) mass is 564 g/mol. The number of rotatable bonds is 0. The molecule has 0 atom stereocenters. The van der Waals surface area contributed by atoms with Gasteiger partial charge in [-0.25, -0.2) is 0 Å². The Balaban J connectivity index is -0.0000000490. The first kappa shape index (κ1) is 57.9. The minimum Gasteiger partial charge on any atom is -0.357 e. The van der Waals surface area contributed by atoms with Crippen LogP contribution >= 0.6 is 0 Å². The number of piperidine rings is 1. The third-order valence-electron chi connectivity index (χ3n) is 5.39. The van der Waals surface area contributed by atoms with Gasteiger partial charge >= 0.3 is 0 Å². The molecule has 0 aromatic carbocycles. The van der Waals surface area contributed by atoms with Gasteiger partial charge in [-0.1, -0.05) is 91.5 Å². The van der Waals surface area contributed by atoms with Crippen molar-refractivity contribution < 1.29 is 0 Å². The van der Waals surface area contributed by atoms with Crippen LogP contribution in [0, 0.1) is 0 Å². The van der Waals surface area contributed by atoms with E-state index in [0.29, 0.717) is 0 Å². The molecule has 0 N–H and O–H groups in total. The van der Waals surface area contributed by atoms with Crippen LogP contribution in [0.25, 0.3) is 0 Å². The summed E-state index contributed by atoms with van der Waals surface area (Å²) in [6, 6.07) is 4.00. The van der Waals surface area contributed by atoms with Gasteiger partial charge in [0.15, 0.2) is 0 Å². The maximum absolute atomic E-state index is 2.39. The fourth-order valence-corrected chi connectivity index (χ4v) is 3.25. The van der Waals surface area contributed by atoms with E-state index < -0.39 is 0 Å². The minimum absolute atomic E-state index is 0. The zero-order chi connectivity index (χ0) is 27.9. The van der Waals surface area contributed by atoms with Crippen LogP contribution in [-0.4, -0.2) is 105 Å². The van der Waals surface area contributed by atoms with E-state index in [2.05, 4.69) is 47.8 Å². The van der Waals surface area contributed by atoms with Gasteiger partial charge in [0.1, 0.15) is 0 Å². The van der Waals surface area contributed by atoms with Crippen molar-refractivity contribution in [1.82, 2.24) is 24.2 Å². The lowest BCUT2D eigenvalue weighted by Crippen LogP contribution is -2.42. The summed E-state index contributed by atoms with van der Waals surface area (Å²) >= 11 is 0. The summed E-state index contributed by atoms with van der Waals surface area (Å²) in [5.74, 6) is 0. The first-order chi connectivity index (χ1) is 17.0. The number of aryl methyl sites for hydroxylation is 1. The molecule has 0 saturated carbocycles. The standard InChI is InChI=1S/C6H14N2.C6H13N.C5H11N.C5H7N.4C2H6.4CH4/c1-7-3-5-8(2)6-4-7;1-7-5-3-2-4-6-7;2*1-6-4-2-3-5-6;4*1-2;;;;/h3-6H2,1-2H3;2-6H2,1H3;2-5H2,1H3;2-5H,1H3;4*1-2H3;4*1H4. The molecule has 0 unspecified atom stereocenters. The Bertz CT molecular complexity index is 407. The molecule has 3 aliphatic heterocycles. The first-order valence-electron chi connectivity index (χ1n) is 14.8. The molecule has 0 radical (unpaired) electrons. The van der Waals surface area contributed by atoms with Crippen LogP contribution in [-0.2, 0) is 7.05 Å². The van der Waals surface area contributed by atoms with Crippen LogP contribution in [0.3, 0.4) is 0 Å². The van der Waals surface area contributed by atoms with Crippen LogP contribution in [0.4, 0.5) is 0 Å². The molecule has 0 amide bonds. The normalized spacial score (nSPS) is 15.8. The number of hydrogen-bond acceptors (Lipinski definition) is 4. The van der Waals surface area contributed by atoms with Crippen molar-refractivity contribution in [2.45, 2.75) is 117 Å². The smallest absolute Gasteiger partial charge is 0.0107 e. The molecule has 3 saturated heterocycles. The fourth-order valence-electron chi connectivity index (χ4n) is 3.25. The SMILES string of the molecule is C.C.C.C.CC.CC.CC.CC.CN1CCCC1.CN1CCCCC1.CN1CCN(C)CC1.Cn1cccc1. The Morgan fingerprint density at radius 2 is 0.538 bits per heavy atom. The van der Waals surface area contributed by atoms with Gasteiger partial charge in [-0.05, 0) is 92.2 Å². The molecule has 246 valence electrons. The van der Waals surface area contributed by atoms with E-state index in [-0.39, 0.29) is 29.7 Å². The van der Waals surface area contributed by atoms with Gasteiger partial charge in [0, 0.05) is 45.6 Å². The summed E-state index contributed by atoms with van der Waals surface area (Å²) in [5.41, 5.74) is 0. The average Bonchev–Trinajstić information content (AvgIpc) is 3.61. The predicted octanol–water partition coefficient (Wildman–Crippen LogP) is 9.35. The largest absolute Gasteiger partial charge is 0.357 e. The van der Waals surface area contributed by atoms with Crippen molar-refractivity contribution in [3.63, 3.8) is 0 Å². The second-order valence-electron chi connectivity index (χ2n) is 8.33. The molecule has 39 heavy (non-hydrogen) atoms. The Morgan fingerprint density at radius 3 is 0.667 bits per heavy atom. The summed E-state index contributed by atoms with van der Waals surface area (Å²) < 4.78 is 2.00. The van der Waals surface area contributed by atoms with E-state index >= 15 is 0 Å². The highest BCUT2D eigenvalue weighted by atomic mass is 15.2. The van der Waals surface area contributed by atoms with Gasteiger partial charge in [-0.2, -0.15) is 0 Å².